The Morgan fingerprint density at radius 2 is 1.90 bits per heavy atom. The maximum atomic E-state index is 11.0. The number of aryl methyl sites for hydroxylation is 2. The average molecular weight is 349 g/mol. The smallest absolute Gasteiger partial charge is 0.273 e. The number of nitrogens with zero attached hydrogens (tertiary/aromatic N) is 2. The molecule has 0 aromatic heterocycles. The molecule has 0 spiro atoms. The van der Waals surface area contributed by atoms with Crippen LogP contribution in [-0.4, -0.2) is 12.0 Å². The van der Waals surface area contributed by atoms with Gasteiger partial charge in [-0.15, -0.1) is 0 Å². The van der Waals surface area contributed by atoms with Crippen LogP contribution in [0.15, 0.2) is 36.4 Å². The topological polar surface area (TPSA) is 46.4 Å². The molecule has 2 aromatic rings. The molecule has 0 saturated carbocycles. The Morgan fingerprint density at radius 1 is 1.19 bits per heavy atom. The highest BCUT2D eigenvalue weighted by molar-refractivity contribution is 9.08. The molecule has 0 aliphatic carbocycles. The summed E-state index contributed by atoms with van der Waals surface area (Å²) in [4.78, 5) is 12.7. The highest BCUT2D eigenvalue weighted by Crippen LogP contribution is 2.31. The van der Waals surface area contributed by atoms with Crippen molar-refractivity contribution in [3.05, 3.63) is 63.2 Å². The molecule has 0 bridgehead atoms. The van der Waals surface area contributed by atoms with Crippen LogP contribution in [-0.2, 0) is 5.33 Å². The summed E-state index contributed by atoms with van der Waals surface area (Å²) in [6, 6.07) is 11.5. The molecular formula is C16H17BrN2O2. The fourth-order valence-electron chi connectivity index (χ4n) is 2.39. The van der Waals surface area contributed by atoms with Crippen LogP contribution in [0.2, 0.25) is 0 Å². The number of benzene rings is 2. The van der Waals surface area contributed by atoms with Crippen LogP contribution in [0.25, 0.3) is 0 Å². The lowest BCUT2D eigenvalue weighted by Crippen LogP contribution is -2.11. The van der Waals surface area contributed by atoms with Gasteiger partial charge in [-0.2, -0.15) is 0 Å². The Kier molecular flexibility index (Phi) is 4.63. The van der Waals surface area contributed by atoms with E-state index in [-0.39, 0.29) is 10.6 Å². The zero-order chi connectivity index (χ0) is 15.6. The van der Waals surface area contributed by atoms with E-state index in [0.29, 0.717) is 10.9 Å². The summed E-state index contributed by atoms with van der Waals surface area (Å²) in [6.07, 6.45) is 0. The normalized spacial score (nSPS) is 10.5. The Hall–Kier alpha value is -1.88. The van der Waals surface area contributed by atoms with Gasteiger partial charge in [0.2, 0.25) is 0 Å². The lowest BCUT2D eigenvalue weighted by atomic mass is 10.1. The monoisotopic (exact) mass is 348 g/mol. The molecular weight excluding hydrogens is 332 g/mol. The first kappa shape index (κ1) is 15.5. The number of rotatable bonds is 4. The molecule has 2 aromatic carbocycles. The van der Waals surface area contributed by atoms with Crippen molar-refractivity contribution in [1.82, 2.24) is 0 Å². The average Bonchev–Trinajstić information content (AvgIpc) is 2.45. The number of halogens is 1. The van der Waals surface area contributed by atoms with Crippen LogP contribution in [0.1, 0.15) is 16.7 Å². The second kappa shape index (κ2) is 6.26. The Bertz CT molecular complexity index is 686. The molecule has 0 radical (unpaired) electrons. The minimum atomic E-state index is -0.350. The maximum Gasteiger partial charge on any atom is 0.273 e. The number of alkyl halides is 1. The first-order valence-corrected chi connectivity index (χ1v) is 7.70. The predicted molar refractivity (Wildman–Crippen MR) is 89.7 cm³/mol. The Labute approximate surface area is 132 Å². The van der Waals surface area contributed by atoms with Crippen LogP contribution >= 0.6 is 15.9 Å². The third-order valence-electron chi connectivity index (χ3n) is 3.50. The lowest BCUT2D eigenvalue weighted by molar-refractivity contribution is -0.385. The summed E-state index contributed by atoms with van der Waals surface area (Å²) in [5, 5.41) is 11.5. The third kappa shape index (κ3) is 3.24. The van der Waals surface area contributed by atoms with Crippen molar-refractivity contribution in [3.8, 4) is 0 Å². The summed E-state index contributed by atoms with van der Waals surface area (Å²) >= 11 is 3.32. The summed E-state index contributed by atoms with van der Waals surface area (Å²) in [6.45, 7) is 4.13. The van der Waals surface area contributed by atoms with Crippen molar-refractivity contribution < 1.29 is 4.92 Å². The summed E-state index contributed by atoms with van der Waals surface area (Å²) in [7, 11) is 1.97. The zero-order valence-corrected chi connectivity index (χ0v) is 13.8. The second-order valence-electron chi connectivity index (χ2n) is 5.05. The van der Waals surface area contributed by atoms with Gasteiger partial charge in [0.1, 0.15) is 0 Å². The summed E-state index contributed by atoms with van der Waals surface area (Å²) < 4.78 is 0. The van der Waals surface area contributed by atoms with Crippen LogP contribution in [0.5, 0.6) is 0 Å². The minimum absolute atomic E-state index is 0.143. The SMILES string of the molecule is Cc1ccc(N(C)c2ccc([N+](=O)[O-])c(CBr)c2)c(C)c1. The molecule has 0 N–H and O–H groups in total. The van der Waals surface area contributed by atoms with Crippen molar-refractivity contribution in [2.75, 3.05) is 11.9 Å². The van der Waals surface area contributed by atoms with E-state index >= 15 is 0 Å². The third-order valence-corrected chi connectivity index (χ3v) is 4.11. The van der Waals surface area contributed by atoms with Gasteiger partial charge >= 0.3 is 0 Å². The van der Waals surface area contributed by atoms with E-state index in [1.165, 1.54) is 11.1 Å². The van der Waals surface area contributed by atoms with E-state index in [2.05, 4.69) is 48.0 Å². The minimum Gasteiger partial charge on any atom is -0.344 e. The van der Waals surface area contributed by atoms with Crippen molar-refractivity contribution in [1.29, 1.82) is 0 Å². The number of hydrogen-bond donors (Lipinski definition) is 0. The van der Waals surface area contributed by atoms with E-state index < -0.39 is 0 Å². The van der Waals surface area contributed by atoms with Crippen LogP contribution in [0.4, 0.5) is 17.1 Å². The van der Waals surface area contributed by atoms with Crippen molar-refractivity contribution >= 4 is 33.0 Å². The molecule has 4 nitrogen and oxygen atoms in total. The second-order valence-corrected chi connectivity index (χ2v) is 5.61. The Morgan fingerprint density at radius 3 is 2.48 bits per heavy atom. The van der Waals surface area contributed by atoms with E-state index in [4.69, 9.17) is 0 Å². The van der Waals surface area contributed by atoms with Gasteiger partial charge in [0.05, 0.1) is 4.92 Å². The molecule has 0 saturated heterocycles. The van der Waals surface area contributed by atoms with Gasteiger partial charge in [-0.25, -0.2) is 0 Å². The molecule has 0 amide bonds. The van der Waals surface area contributed by atoms with Gasteiger partial charge in [-0.1, -0.05) is 33.6 Å². The fourth-order valence-corrected chi connectivity index (χ4v) is 2.84. The highest BCUT2D eigenvalue weighted by atomic mass is 79.9. The standard InChI is InChI=1S/C16H17BrN2O2/c1-11-4-6-15(12(2)8-11)18(3)14-5-7-16(19(20)21)13(9-14)10-17/h4-9H,10H2,1-3H3. The summed E-state index contributed by atoms with van der Waals surface area (Å²) in [5.41, 5.74) is 5.24. The van der Waals surface area contributed by atoms with Gasteiger partial charge in [-0.05, 0) is 37.6 Å². The number of nitro groups is 1. The molecule has 2 rings (SSSR count). The number of anilines is 2. The first-order chi connectivity index (χ1) is 9.93. The Balaban J connectivity index is 2.43. The van der Waals surface area contributed by atoms with Crippen molar-refractivity contribution in [2.45, 2.75) is 19.2 Å². The molecule has 0 atom stereocenters. The fraction of sp³-hybridized carbons (Fsp3) is 0.250. The van der Waals surface area contributed by atoms with E-state index in [1.807, 2.05) is 18.0 Å². The van der Waals surface area contributed by atoms with E-state index in [9.17, 15) is 10.1 Å². The van der Waals surface area contributed by atoms with Crippen molar-refractivity contribution in [3.63, 3.8) is 0 Å². The van der Waals surface area contributed by atoms with Gasteiger partial charge in [0.25, 0.3) is 5.69 Å². The maximum absolute atomic E-state index is 11.0. The predicted octanol–water partition coefficient (Wildman–Crippen LogP) is 4.87. The molecule has 0 aliphatic rings. The largest absolute Gasteiger partial charge is 0.344 e. The molecule has 21 heavy (non-hydrogen) atoms. The molecule has 110 valence electrons. The van der Waals surface area contributed by atoms with Crippen LogP contribution in [0.3, 0.4) is 0 Å². The highest BCUT2D eigenvalue weighted by Gasteiger charge is 2.15. The molecule has 0 fully saturated rings. The first-order valence-electron chi connectivity index (χ1n) is 6.58. The molecule has 5 heteroatoms. The number of nitro benzene ring substituents is 1. The zero-order valence-electron chi connectivity index (χ0n) is 12.3. The molecule has 0 aliphatic heterocycles. The van der Waals surface area contributed by atoms with Crippen LogP contribution < -0.4 is 4.90 Å². The van der Waals surface area contributed by atoms with E-state index in [1.54, 1.807) is 12.1 Å². The lowest BCUT2D eigenvalue weighted by Gasteiger charge is -2.22. The number of hydrogen-bond acceptors (Lipinski definition) is 3. The van der Waals surface area contributed by atoms with E-state index in [0.717, 1.165) is 11.4 Å². The van der Waals surface area contributed by atoms with Gasteiger partial charge in [0, 0.05) is 35.4 Å². The molecule has 0 heterocycles. The van der Waals surface area contributed by atoms with Gasteiger partial charge < -0.3 is 4.90 Å². The van der Waals surface area contributed by atoms with Gasteiger partial charge in [-0.3, -0.25) is 10.1 Å². The van der Waals surface area contributed by atoms with Crippen LogP contribution in [0, 0.1) is 24.0 Å². The van der Waals surface area contributed by atoms with Gasteiger partial charge in [0.15, 0.2) is 0 Å². The molecule has 0 unspecified atom stereocenters. The van der Waals surface area contributed by atoms with Crippen molar-refractivity contribution in [2.24, 2.45) is 0 Å². The summed E-state index contributed by atoms with van der Waals surface area (Å²) in [5.74, 6) is 0. The quantitative estimate of drug-likeness (QED) is 0.449.